The Morgan fingerprint density at radius 3 is 2.06 bits per heavy atom. The molecule has 6 rings (SSSR count). The van der Waals surface area contributed by atoms with Gasteiger partial charge in [0.1, 0.15) is 11.0 Å². The lowest BCUT2D eigenvalue weighted by Gasteiger charge is -2.22. The summed E-state index contributed by atoms with van der Waals surface area (Å²) in [7, 11) is 0. The van der Waals surface area contributed by atoms with Crippen molar-refractivity contribution in [1.82, 2.24) is 30.2 Å². The predicted octanol–water partition coefficient (Wildman–Crippen LogP) is 2.86. The molecule has 2 aliphatic heterocycles. The summed E-state index contributed by atoms with van der Waals surface area (Å²) < 4.78 is 0. The number of hydrogen-bond acceptors (Lipinski definition) is 5. The van der Waals surface area contributed by atoms with Crippen molar-refractivity contribution < 1.29 is 9.59 Å². The first-order valence-corrected chi connectivity index (χ1v) is 11.1. The number of nitrogens with one attached hydrogen (secondary N) is 1. The molecule has 164 valence electrons. The zero-order chi connectivity index (χ0) is 22.4. The first-order valence-electron chi connectivity index (χ1n) is 11.1. The summed E-state index contributed by atoms with van der Waals surface area (Å²) in [5.74, 6) is 0.673. The normalized spacial score (nSPS) is 19.8. The first-order chi connectivity index (χ1) is 16.2. The average molecular weight is 438 g/mol. The summed E-state index contributed by atoms with van der Waals surface area (Å²) in [6.07, 6.45) is 1.76. The van der Waals surface area contributed by atoms with Crippen LogP contribution in [0.2, 0.25) is 0 Å². The Morgan fingerprint density at radius 2 is 1.39 bits per heavy atom. The highest BCUT2D eigenvalue weighted by molar-refractivity contribution is 5.97. The molecular weight excluding hydrogens is 416 g/mol. The Kier molecular flexibility index (Phi) is 4.64. The van der Waals surface area contributed by atoms with Gasteiger partial charge in [-0.1, -0.05) is 18.2 Å². The van der Waals surface area contributed by atoms with Gasteiger partial charge in [-0.3, -0.25) is 14.6 Å². The van der Waals surface area contributed by atoms with Crippen LogP contribution < -0.4 is 0 Å². The summed E-state index contributed by atoms with van der Waals surface area (Å²) in [5, 5.41) is 10.7. The minimum absolute atomic E-state index is 0.0114. The Morgan fingerprint density at radius 1 is 0.758 bits per heavy atom. The van der Waals surface area contributed by atoms with Gasteiger partial charge in [-0.25, -0.2) is 0 Å². The van der Waals surface area contributed by atoms with E-state index in [0.717, 1.165) is 16.8 Å². The number of H-pyrrole nitrogens is 1. The number of amides is 2. The molecule has 0 aliphatic carbocycles. The molecule has 8 heteroatoms. The maximum Gasteiger partial charge on any atom is 0.253 e. The summed E-state index contributed by atoms with van der Waals surface area (Å²) >= 11 is 0. The van der Waals surface area contributed by atoms with Gasteiger partial charge < -0.3 is 9.80 Å². The molecule has 0 saturated carbocycles. The van der Waals surface area contributed by atoms with E-state index < -0.39 is 0 Å². The maximum atomic E-state index is 13.1. The number of likely N-dealkylation sites (tertiary alicyclic amines) is 2. The molecule has 4 aromatic rings. The number of carbonyl (C=O) groups is 2. The highest BCUT2D eigenvalue weighted by atomic mass is 16.2. The number of benzene rings is 2. The van der Waals surface area contributed by atoms with E-state index in [0.29, 0.717) is 54.7 Å². The SMILES string of the molecule is O=C(c1ccc(-c2ccccn2)cc1)N1C[C@@H]2CN(C(=O)c3ccc4n[nH]nc4c3)C[C@H]2C1. The van der Waals surface area contributed by atoms with Crippen molar-refractivity contribution in [3.63, 3.8) is 0 Å². The van der Waals surface area contributed by atoms with E-state index in [-0.39, 0.29) is 11.8 Å². The van der Waals surface area contributed by atoms with Crippen LogP contribution in [0.5, 0.6) is 0 Å². The number of carbonyl (C=O) groups excluding carboxylic acids is 2. The van der Waals surface area contributed by atoms with Gasteiger partial charge in [0.2, 0.25) is 0 Å². The van der Waals surface area contributed by atoms with Crippen LogP contribution in [0.1, 0.15) is 20.7 Å². The van der Waals surface area contributed by atoms with Gasteiger partial charge in [0.25, 0.3) is 11.8 Å². The summed E-state index contributed by atoms with van der Waals surface area (Å²) in [5.41, 5.74) is 4.61. The smallest absolute Gasteiger partial charge is 0.253 e. The van der Waals surface area contributed by atoms with E-state index in [9.17, 15) is 9.59 Å². The second kappa shape index (κ2) is 7.81. The molecular formula is C25H22N6O2. The highest BCUT2D eigenvalue weighted by Crippen LogP contribution is 2.33. The topological polar surface area (TPSA) is 95.1 Å². The van der Waals surface area contributed by atoms with Crippen molar-refractivity contribution >= 4 is 22.8 Å². The van der Waals surface area contributed by atoms with E-state index in [4.69, 9.17) is 0 Å². The molecule has 33 heavy (non-hydrogen) atoms. The third kappa shape index (κ3) is 3.53. The maximum absolute atomic E-state index is 13.1. The van der Waals surface area contributed by atoms with Crippen molar-refractivity contribution in [2.45, 2.75) is 0 Å². The second-order valence-electron chi connectivity index (χ2n) is 8.76. The monoisotopic (exact) mass is 438 g/mol. The number of fused-ring (bicyclic) bond motifs is 2. The summed E-state index contributed by atoms with van der Waals surface area (Å²) in [4.78, 5) is 34.3. The number of pyridine rings is 1. The van der Waals surface area contributed by atoms with Crippen molar-refractivity contribution in [3.05, 3.63) is 78.0 Å². The fraction of sp³-hybridized carbons (Fsp3) is 0.240. The van der Waals surface area contributed by atoms with Gasteiger partial charge in [-0.05, 0) is 42.5 Å². The first kappa shape index (κ1) is 19.6. The zero-order valence-electron chi connectivity index (χ0n) is 17.9. The molecule has 2 aliphatic rings. The van der Waals surface area contributed by atoms with Gasteiger partial charge >= 0.3 is 0 Å². The Hall–Kier alpha value is -4.07. The Labute approximate surface area is 190 Å². The molecule has 2 aromatic heterocycles. The van der Waals surface area contributed by atoms with Crippen LogP contribution in [0.3, 0.4) is 0 Å². The largest absolute Gasteiger partial charge is 0.338 e. The average Bonchev–Trinajstić information content (AvgIpc) is 3.58. The fourth-order valence-electron chi connectivity index (χ4n) is 4.98. The minimum Gasteiger partial charge on any atom is -0.338 e. The van der Waals surface area contributed by atoms with Crippen LogP contribution in [-0.2, 0) is 0 Å². The predicted molar refractivity (Wildman–Crippen MR) is 122 cm³/mol. The number of rotatable bonds is 3. The third-order valence-electron chi connectivity index (χ3n) is 6.72. The molecule has 0 unspecified atom stereocenters. The van der Waals surface area contributed by atoms with E-state index in [1.807, 2.05) is 58.3 Å². The van der Waals surface area contributed by atoms with Crippen LogP contribution in [0, 0.1) is 11.8 Å². The van der Waals surface area contributed by atoms with Crippen LogP contribution in [-0.4, -0.2) is 68.2 Å². The standard InChI is InChI=1S/C25H22N6O2/c32-24(17-6-4-16(5-7-17)21-3-1-2-10-26-21)30-12-19-14-31(15-20(19)13-30)25(33)18-8-9-22-23(11-18)28-29-27-22/h1-11,19-20H,12-15H2,(H,27,28,29)/t19-,20-/m1/s1. The van der Waals surface area contributed by atoms with Gasteiger partial charge in [-0.15, -0.1) is 0 Å². The van der Waals surface area contributed by atoms with Crippen molar-refractivity contribution in [2.24, 2.45) is 11.8 Å². The zero-order valence-corrected chi connectivity index (χ0v) is 17.9. The highest BCUT2D eigenvalue weighted by Gasteiger charge is 2.43. The van der Waals surface area contributed by atoms with E-state index in [1.165, 1.54) is 0 Å². The van der Waals surface area contributed by atoms with Crippen LogP contribution >= 0.6 is 0 Å². The number of hydrogen-bond donors (Lipinski definition) is 1. The fourth-order valence-corrected chi connectivity index (χ4v) is 4.98. The second-order valence-corrected chi connectivity index (χ2v) is 8.76. The lowest BCUT2D eigenvalue weighted by molar-refractivity contribution is 0.0738. The molecule has 2 fully saturated rings. The molecule has 0 spiro atoms. The minimum atomic E-state index is 0.0114. The van der Waals surface area contributed by atoms with Gasteiger partial charge in [0, 0.05) is 60.9 Å². The molecule has 0 bridgehead atoms. The van der Waals surface area contributed by atoms with Crippen molar-refractivity contribution in [1.29, 1.82) is 0 Å². The quantitative estimate of drug-likeness (QED) is 0.531. The van der Waals surface area contributed by atoms with Crippen LogP contribution in [0.15, 0.2) is 66.9 Å². The molecule has 2 aromatic carbocycles. The van der Waals surface area contributed by atoms with Crippen LogP contribution in [0.4, 0.5) is 0 Å². The molecule has 4 heterocycles. The molecule has 0 radical (unpaired) electrons. The van der Waals surface area contributed by atoms with Crippen LogP contribution in [0.25, 0.3) is 22.3 Å². The Bertz CT molecular complexity index is 1320. The molecule has 2 saturated heterocycles. The third-order valence-corrected chi connectivity index (χ3v) is 6.72. The van der Waals surface area contributed by atoms with Crippen molar-refractivity contribution in [2.75, 3.05) is 26.2 Å². The Balaban J connectivity index is 1.10. The summed E-state index contributed by atoms with van der Waals surface area (Å²) in [6.45, 7) is 2.70. The molecule has 2 atom stereocenters. The van der Waals surface area contributed by atoms with Crippen molar-refractivity contribution in [3.8, 4) is 11.3 Å². The number of aromatic amines is 1. The van der Waals surface area contributed by atoms with Gasteiger partial charge in [-0.2, -0.15) is 15.4 Å². The number of aromatic nitrogens is 4. The van der Waals surface area contributed by atoms with E-state index in [1.54, 1.807) is 18.3 Å². The van der Waals surface area contributed by atoms with Gasteiger partial charge in [0.05, 0.1) is 5.69 Å². The van der Waals surface area contributed by atoms with Gasteiger partial charge in [0.15, 0.2) is 0 Å². The van der Waals surface area contributed by atoms with E-state index >= 15 is 0 Å². The molecule has 2 amide bonds. The summed E-state index contributed by atoms with van der Waals surface area (Å²) in [6, 6.07) is 18.8. The number of nitrogens with zero attached hydrogens (tertiary/aromatic N) is 5. The lowest BCUT2D eigenvalue weighted by Crippen LogP contribution is -2.35. The van der Waals surface area contributed by atoms with E-state index in [2.05, 4.69) is 20.4 Å². The molecule has 8 nitrogen and oxygen atoms in total. The lowest BCUT2D eigenvalue weighted by atomic mass is 10.0. The molecule has 1 N–H and O–H groups in total.